The summed E-state index contributed by atoms with van der Waals surface area (Å²) in [6.45, 7) is 7.21. The molecular formula is C17H23N5O3. The molecule has 0 saturated heterocycles. The summed E-state index contributed by atoms with van der Waals surface area (Å²) in [6.07, 6.45) is 2.86. The molecule has 2 aromatic rings. The van der Waals surface area contributed by atoms with Crippen molar-refractivity contribution in [2.75, 3.05) is 17.7 Å². The Labute approximate surface area is 146 Å². The molecule has 0 spiro atoms. The monoisotopic (exact) mass is 345 g/mol. The van der Waals surface area contributed by atoms with Crippen molar-refractivity contribution >= 4 is 23.2 Å². The molecular weight excluding hydrogens is 322 g/mol. The first-order valence-electron chi connectivity index (χ1n) is 7.87. The van der Waals surface area contributed by atoms with E-state index in [0.29, 0.717) is 17.1 Å². The van der Waals surface area contributed by atoms with Crippen molar-refractivity contribution in [3.63, 3.8) is 0 Å². The normalized spacial score (nSPS) is 12.4. The Kier molecular flexibility index (Phi) is 5.41. The van der Waals surface area contributed by atoms with Gasteiger partial charge in [0.15, 0.2) is 0 Å². The molecule has 1 aromatic carbocycles. The van der Waals surface area contributed by atoms with Gasteiger partial charge >= 0.3 is 0 Å². The van der Waals surface area contributed by atoms with E-state index in [2.05, 4.69) is 20.7 Å². The molecule has 8 nitrogen and oxygen atoms in total. The molecule has 0 aliphatic carbocycles. The number of aromatic nitrogens is 3. The number of anilines is 2. The lowest BCUT2D eigenvalue weighted by molar-refractivity contribution is -0.123. The molecule has 0 unspecified atom stereocenters. The molecule has 1 aromatic heterocycles. The first kappa shape index (κ1) is 18.4. The Bertz CT molecular complexity index is 750. The molecule has 0 saturated carbocycles. The summed E-state index contributed by atoms with van der Waals surface area (Å²) in [5.41, 5.74) is 0.581. The highest BCUT2D eigenvalue weighted by molar-refractivity contribution is 5.97. The third-order valence-corrected chi connectivity index (χ3v) is 3.61. The molecule has 8 heteroatoms. The van der Waals surface area contributed by atoms with Crippen LogP contribution in [0.15, 0.2) is 30.9 Å². The maximum Gasteiger partial charge on any atom is 0.249 e. The van der Waals surface area contributed by atoms with E-state index in [1.807, 2.05) is 20.8 Å². The molecule has 2 N–H and O–H groups in total. The summed E-state index contributed by atoms with van der Waals surface area (Å²) in [5, 5.41) is 9.58. The number of nitrogens with zero attached hydrogens (tertiary/aromatic N) is 3. The lowest BCUT2D eigenvalue weighted by Crippen LogP contribution is -2.28. The first-order valence-corrected chi connectivity index (χ1v) is 7.87. The van der Waals surface area contributed by atoms with Gasteiger partial charge in [-0.2, -0.15) is 5.10 Å². The van der Waals surface area contributed by atoms with Crippen LogP contribution in [-0.4, -0.2) is 33.7 Å². The van der Waals surface area contributed by atoms with Gasteiger partial charge in [-0.3, -0.25) is 9.59 Å². The van der Waals surface area contributed by atoms with E-state index < -0.39 is 11.5 Å². The van der Waals surface area contributed by atoms with E-state index in [-0.39, 0.29) is 11.8 Å². The molecule has 0 radical (unpaired) electrons. The highest BCUT2D eigenvalue weighted by Gasteiger charge is 2.22. The number of nitrogens with one attached hydrogen (secondary N) is 2. The molecule has 0 bridgehead atoms. The number of hydrogen-bond donors (Lipinski definition) is 2. The predicted molar refractivity (Wildman–Crippen MR) is 94.4 cm³/mol. The van der Waals surface area contributed by atoms with E-state index in [9.17, 15) is 9.59 Å². The number of rotatable bonds is 5. The number of ether oxygens (including phenoxy) is 1. The molecule has 2 rings (SSSR count). The van der Waals surface area contributed by atoms with Crippen molar-refractivity contribution in [1.82, 2.24) is 14.8 Å². The minimum absolute atomic E-state index is 0.123. The van der Waals surface area contributed by atoms with E-state index >= 15 is 0 Å². The van der Waals surface area contributed by atoms with Gasteiger partial charge in [0, 0.05) is 17.2 Å². The van der Waals surface area contributed by atoms with E-state index in [1.165, 1.54) is 24.4 Å². The Hall–Kier alpha value is -2.90. The van der Waals surface area contributed by atoms with Crippen LogP contribution < -0.4 is 15.4 Å². The van der Waals surface area contributed by atoms with E-state index in [0.717, 1.165) is 0 Å². The summed E-state index contributed by atoms with van der Waals surface area (Å²) >= 11 is 0. The van der Waals surface area contributed by atoms with Gasteiger partial charge in [-0.1, -0.05) is 20.8 Å². The van der Waals surface area contributed by atoms with Crippen LogP contribution in [0.2, 0.25) is 0 Å². The molecule has 134 valence electrons. The fourth-order valence-electron chi connectivity index (χ4n) is 1.97. The number of benzene rings is 1. The molecule has 0 fully saturated rings. The molecule has 0 aliphatic rings. The van der Waals surface area contributed by atoms with Crippen molar-refractivity contribution in [3.05, 3.63) is 30.9 Å². The zero-order valence-electron chi connectivity index (χ0n) is 15.0. The zero-order valence-corrected chi connectivity index (χ0v) is 15.0. The number of carbonyl (C=O) groups excluding carboxylic acids is 2. The molecule has 0 aliphatic heterocycles. The second-order valence-corrected chi connectivity index (χ2v) is 6.66. The van der Waals surface area contributed by atoms with Gasteiger partial charge in [0.1, 0.15) is 24.4 Å². The van der Waals surface area contributed by atoms with Gasteiger partial charge < -0.3 is 15.4 Å². The smallest absolute Gasteiger partial charge is 0.249 e. The van der Waals surface area contributed by atoms with Crippen LogP contribution in [0.5, 0.6) is 5.75 Å². The molecule has 25 heavy (non-hydrogen) atoms. The fourth-order valence-corrected chi connectivity index (χ4v) is 1.97. The molecule has 1 atom stereocenters. The van der Waals surface area contributed by atoms with Gasteiger partial charge in [-0.15, -0.1) is 0 Å². The number of methoxy groups -OCH3 is 1. The average Bonchev–Trinajstić information content (AvgIpc) is 3.08. The van der Waals surface area contributed by atoms with Crippen LogP contribution in [0.1, 0.15) is 33.7 Å². The SMILES string of the molecule is COc1cc(NC(=O)[C@@H](C)n2cncn2)ccc1NC(=O)C(C)(C)C. The van der Waals surface area contributed by atoms with Crippen LogP contribution in [0.25, 0.3) is 0 Å². The fraction of sp³-hybridized carbons (Fsp3) is 0.412. The van der Waals surface area contributed by atoms with E-state index in [1.54, 1.807) is 25.1 Å². The Morgan fingerprint density at radius 3 is 2.52 bits per heavy atom. The Morgan fingerprint density at radius 2 is 1.96 bits per heavy atom. The average molecular weight is 345 g/mol. The van der Waals surface area contributed by atoms with Gasteiger partial charge in [-0.25, -0.2) is 9.67 Å². The second-order valence-electron chi connectivity index (χ2n) is 6.66. The summed E-state index contributed by atoms with van der Waals surface area (Å²) in [5.74, 6) is 0.102. The van der Waals surface area contributed by atoms with Crippen LogP contribution in [0.4, 0.5) is 11.4 Å². The van der Waals surface area contributed by atoms with Gasteiger partial charge in [0.2, 0.25) is 11.8 Å². The predicted octanol–water partition coefficient (Wildman–Crippen LogP) is 2.47. The van der Waals surface area contributed by atoms with Crippen molar-refractivity contribution < 1.29 is 14.3 Å². The topological polar surface area (TPSA) is 98.1 Å². The van der Waals surface area contributed by atoms with Crippen molar-refractivity contribution in [3.8, 4) is 5.75 Å². The zero-order chi connectivity index (χ0) is 18.6. The van der Waals surface area contributed by atoms with Gasteiger partial charge in [0.05, 0.1) is 12.8 Å². The Balaban J connectivity index is 2.13. The maximum absolute atomic E-state index is 12.3. The standard InChI is InChI=1S/C17H23N5O3/c1-11(22-10-18-9-19-22)15(23)20-12-6-7-13(14(8-12)25-5)21-16(24)17(2,3)4/h6-11H,1-5H3,(H,20,23)(H,21,24)/t11-/m1/s1. The van der Waals surface area contributed by atoms with Gasteiger partial charge in [-0.05, 0) is 19.1 Å². The number of carbonyl (C=O) groups is 2. The summed E-state index contributed by atoms with van der Waals surface area (Å²) in [7, 11) is 1.51. The largest absolute Gasteiger partial charge is 0.494 e. The number of amides is 2. The minimum atomic E-state index is -0.523. The quantitative estimate of drug-likeness (QED) is 0.867. The third kappa shape index (κ3) is 4.56. The summed E-state index contributed by atoms with van der Waals surface area (Å²) in [4.78, 5) is 28.3. The third-order valence-electron chi connectivity index (χ3n) is 3.61. The van der Waals surface area contributed by atoms with Crippen LogP contribution in [-0.2, 0) is 9.59 Å². The second kappa shape index (κ2) is 7.33. The van der Waals surface area contributed by atoms with Crippen molar-refractivity contribution in [2.24, 2.45) is 5.41 Å². The van der Waals surface area contributed by atoms with Gasteiger partial charge in [0.25, 0.3) is 0 Å². The lowest BCUT2D eigenvalue weighted by Gasteiger charge is -2.19. The highest BCUT2D eigenvalue weighted by atomic mass is 16.5. The van der Waals surface area contributed by atoms with Crippen LogP contribution in [0.3, 0.4) is 0 Å². The molecule has 1 heterocycles. The minimum Gasteiger partial charge on any atom is -0.494 e. The number of hydrogen-bond acceptors (Lipinski definition) is 5. The summed E-state index contributed by atoms with van der Waals surface area (Å²) in [6, 6.07) is 4.55. The van der Waals surface area contributed by atoms with Crippen LogP contribution >= 0.6 is 0 Å². The van der Waals surface area contributed by atoms with Crippen molar-refractivity contribution in [2.45, 2.75) is 33.7 Å². The van der Waals surface area contributed by atoms with Crippen molar-refractivity contribution in [1.29, 1.82) is 0 Å². The lowest BCUT2D eigenvalue weighted by atomic mass is 9.95. The summed E-state index contributed by atoms with van der Waals surface area (Å²) < 4.78 is 6.78. The Morgan fingerprint density at radius 1 is 1.24 bits per heavy atom. The van der Waals surface area contributed by atoms with Crippen LogP contribution in [0, 0.1) is 5.41 Å². The first-order chi connectivity index (χ1) is 11.7. The van der Waals surface area contributed by atoms with E-state index in [4.69, 9.17) is 4.74 Å². The highest BCUT2D eigenvalue weighted by Crippen LogP contribution is 2.30. The maximum atomic E-state index is 12.3. The molecule has 2 amide bonds.